The molecule has 0 saturated carbocycles. The van der Waals surface area contributed by atoms with Crippen molar-refractivity contribution in [3.63, 3.8) is 0 Å². The number of carbonyl (C=O) groups is 2. The molecule has 5 heteroatoms. The number of piperidine rings is 1. The second-order valence-electron chi connectivity index (χ2n) is 5.56. The average Bonchev–Trinajstić information content (AvgIpc) is 2.53. The summed E-state index contributed by atoms with van der Waals surface area (Å²) in [5.41, 5.74) is 1.36. The van der Waals surface area contributed by atoms with Crippen LogP contribution in [0.1, 0.15) is 30.4 Å². The van der Waals surface area contributed by atoms with Crippen LogP contribution in [0.5, 0.6) is 0 Å². The highest BCUT2D eigenvalue weighted by molar-refractivity contribution is 5.95. The second kappa shape index (κ2) is 5.57. The van der Waals surface area contributed by atoms with Crippen molar-refractivity contribution in [1.82, 2.24) is 9.80 Å². The zero-order chi connectivity index (χ0) is 14.8. The highest BCUT2D eigenvalue weighted by Crippen LogP contribution is 2.24. The lowest BCUT2D eigenvalue weighted by molar-refractivity contribution is -0.158. The lowest BCUT2D eigenvalue weighted by Crippen LogP contribution is -2.60. The molecule has 2 aliphatic heterocycles. The quantitative estimate of drug-likeness (QED) is 0.821. The fourth-order valence-corrected chi connectivity index (χ4v) is 3.14. The van der Waals surface area contributed by atoms with E-state index in [1.165, 1.54) is 0 Å². The number of carbonyl (C=O) groups excluding carboxylic acids is 2. The summed E-state index contributed by atoms with van der Waals surface area (Å²) in [5, 5.41) is 9.12. The third kappa shape index (κ3) is 2.49. The maximum Gasteiger partial charge on any atom is 0.246 e. The van der Waals surface area contributed by atoms with Crippen molar-refractivity contribution < 1.29 is 9.59 Å². The number of fused-ring (bicyclic) bond motifs is 1. The topological polar surface area (TPSA) is 64.4 Å². The van der Waals surface area contributed by atoms with Gasteiger partial charge >= 0.3 is 0 Å². The van der Waals surface area contributed by atoms with Crippen LogP contribution >= 0.6 is 0 Å². The molecular formula is C16H17N3O2. The van der Waals surface area contributed by atoms with Gasteiger partial charge in [-0.3, -0.25) is 9.59 Å². The van der Waals surface area contributed by atoms with Crippen LogP contribution < -0.4 is 0 Å². The molecular weight excluding hydrogens is 266 g/mol. The van der Waals surface area contributed by atoms with Gasteiger partial charge in [0.25, 0.3) is 0 Å². The average molecular weight is 283 g/mol. The van der Waals surface area contributed by atoms with Crippen molar-refractivity contribution in [3.8, 4) is 6.07 Å². The smallest absolute Gasteiger partial charge is 0.246 e. The molecule has 2 amide bonds. The maximum atomic E-state index is 12.6. The first-order chi connectivity index (χ1) is 10.2. The highest BCUT2D eigenvalue weighted by Gasteiger charge is 2.40. The Bertz CT molecular complexity index is 620. The fourth-order valence-electron chi connectivity index (χ4n) is 3.14. The predicted octanol–water partition coefficient (Wildman–Crippen LogP) is 1.28. The number of piperazine rings is 1. The van der Waals surface area contributed by atoms with Gasteiger partial charge in [0.15, 0.2) is 0 Å². The number of benzene rings is 1. The summed E-state index contributed by atoms with van der Waals surface area (Å²) >= 11 is 0. The summed E-state index contributed by atoms with van der Waals surface area (Å²) in [6, 6.07) is 9.05. The van der Waals surface area contributed by atoms with Crippen molar-refractivity contribution in [2.24, 2.45) is 0 Å². The lowest BCUT2D eigenvalue weighted by atomic mass is 9.97. The monoisotopic (exact) mass is 283 g/mol. The Kier molecular flexibility index (Phi) is 3.61. The van der Waals surface area contributed by atoms with Crippen LogP contribution in [0.4, 0.5) is 0 Å². The maximum absolute atomic E-state index is 12.6. The number of hydrogen-bond acceptors (Lipinski definition) is 3. The van der Waals surface area contributed by atoms with Crippen LogP contribution in [0.3, 0.4) is 0 Å². The summed E-state index contributed by atoms with van der Waals surface area (Å²) in [5.74, 6) is 0.0378. The van der Waals surface area contributed by atoms with Crippen molar-refractivity contribution in [1.29, 1.82) is 5.26 Å². The summed E-state index contributed by atoms with van der Waals surface area (Å²) < 4.78 is 0. The molecule has 1 atom stereocenters. The van der Waals surface area contributed by atoms with Gasteiger partial charge in [0, 0.05) is 13.1 Å². The van der Waals surface area contributed by atoms with Crippen LogP contribution in [0.25, 0.3) is 0 Å². The van der Waals surface area contributed by atoms with Crippen molar-refractivity contribution in [3.05, 3.63) is 35.4 Å². The van der Waals surface area contributed by atoms with E-state index >= 15 is 0 Å². The Morgan fingerprint density at radius 3 is 2.86 bits per heavy atom. The third-order valence-corrected chi connectivity index (χ3v) is 4.25. The van der Waals surface area contributed by atoms with E-state index in [9.17, 15) is 9.59 Å². The van der Waals surface area contributed by atoms with Gasteiger partial charge in [-0.1, -0.05) is 18.2 Å². The van der Waals surface area contributed by atoms with Crippen molar-refractivity contribution in [2.75, 3.05) is 13.1 Å². The molecule has 5 nitrogen and oxygen atoms in total. The van der Waals surface area contributed by atoms with Gasteiger partial charge in [-0.05, 0) is 30.9 Å². The van der Waals surface area contributed by atoms with Gasteiger partial charge in [0.1, 0.15) is 12.6 Å². The van der Waals surface area contributed by atoms with Gasteiger partial charge in [-0.25, -0.2) is 0 Å². The van der Waals surface area contributed by atoms with Crippen molar-refractivity contribution in [2.45, 2.75) is 31.8 Å². The van der Waals surface area contributed by atoms with Crippen molar-refractivity contribution >= 4 is 11.8 Å². The summed E-state index contributed by atoms with van der Waals surface area (Å²) in [7, 11) is 0. The molecule has 0 bridgehead atoms. The normalized spacial score (nSPS) is 22.0. The minimum Gasteiger partial charge on any atom is -0.329 e. The zero-order valence-electron chi connectivity index (χ0n) is 11.8. The van der Waals surface area contributed by atoms with Gasteiger partial charge in [0.05, 0.1) is 11.6 Å². The molecule has 21 heavy (non-hydrogen) atoms. The first-order valence-electron chi connectivity index (χ1n) is 7.27. The molecule has 0 N–H and O–H groups in total. The molecule has 1 unspecified atom stereocenters. The van der Waals surface area contributed by atoms with E-state index in [0.29, 0.717) is 18.7 Å². The van der Waals surface area contributed by atoms with E-state index in [-0.39, 0.29) is 24.4 Å². The van der Waals surface area contributed by atoms with Crippen LogP contribution in [-0.2, 0) is 16.1 Å². The number of amides is 2. The van der Waals surface area contributed by atoms with Crippen LogP contribution in [0, 0.1) is 11.3 Å². The summed E-state index contributed by atoms with van der Waals surface area (Å²) in [4.78, 5) is 28.1. The Hall–Kier alpha value is -2.35. The number of rotatable bonds is 2. The number of nitriles is 1. The molecule has 1 aromatic carbocycles. The molecule has 108 valence electrons. The SMILES string of the molecule is N#Cc1ccccc1CN1CC(=O)N2CCCCC2C1=O. The van der Waals surface area contributed by atoms with E-state index in [2.05, 4.69) is 6.07 Å². The van der Waals surface area contributed by atoms with E-state index in [1.54, 1.807) is 21.9 Å². The van der Waals surface area contributed by atoms with E-state index in [4.69, 9.17) is 5.26 Å². The largest absolute Gasteiger partial charge is 0.329 e. The number of nitrogens with zero attached hydrogens (tertiary/aromatic N) is 3. The minimum atomic E-state index is -0.297. The molecule has 2 aliphatic rings. The minimum absolute atomic E-state index is 0.0158. The third-order valence-electron chi connectivity index (χ3n) is 4.25. The standard InChI is InChI=1S/C16H17N3O2/c17-9-12-5-1-2-6-13(12)10-18-11-15(20)19-8-4-3-7-14(19)16(18)21/h1-2,5-6,14H,3-4,7-8,10-11H2. The van der Waals surface area contributed by atoms with Gasteiger partial charge in [0.2, 0.25) is 11.8 Å². The van der Waals surface area contributed by atoms with Gasteiger partial charge in [-0.2, -0.15) is 5.26 Å². The Balaban J connectivity index is 1.81. The predicted molar refractivity (Wildman–Crippen MR) is 75.9 cm³/mol. The molecule has 2 heterocycles. The molecule has 0 radical (unpaired) electrons. The first-order valence-corrected chi connectivity index (χ1v) is 7.27. The summed E-state index contributed by atoms with van der Waals surface area (Å²) in [6.07, 6.45) is 2.72. The van der Waals surface area contributed by atoms with Gasteiger partial charge in [-0.15, -0.1) is 0 Å². The number of hydrogen-bond donors (Lipinski definition) is 0. The molecule has 0 aliphatic carbocycles. The molecule has 2 saturated heterocycles. The zero-order valence-corrected chi connectivity index (χ0v) is 11.8. The lowest BCUT2D eigenvalue weighted by Gasteiger charge is -2.42. The van der Waals surface area contributed by atoms with Gasteiger partial charge < -0.3 is 9.80 Å². The Morgan fingerprint density at radius 1 is 1.24 bits per heavy atom. The highest BCUT2D eigenvalue weighted by atomic mass is 16.2. The first kappa shape index (κ1) is 13.6. The Labute approximate surface area is 123 Å². The molecule has 1 aromatic rings. The van der Waals surface area contributed by atoms with E-state index in [1.807, 2.05) is 12.1 Å². The van der Waals surface area contributed by atoms with E-state index in [0.717, 1.165) is 24.8 Å². The Morgan fingerprint density at radius 2 is 2.05 bits per heavy atom. The summed E-state index contributed by atoms with van der Waals surface area (Å²) in [6.45, 7) is 1.14. The molecule has 2 fully saturated rings. The van der Waals surface area contributed by atoms with E-state index < -0.39 is 0 Å². The molecule has 3 rings (SSSR count). The molecule has 0 aromatic heterocycles. The second-order valence-corrected chi connectivity index (χ2v) is 5.56. The van der Waals surface area contributed by atoms with Crippen LogP contribution in [0.2, 0.25) is 0 Å². The molecule has 0 spiro atoms. The van der Waals surface area contributed by atoms with Crippen LogP contribution in [0.15, 0.2) is 24.3 Å². The fraction of sp³-hybridized carbons (Fsp3) is 0.438. The van der Waals surface area contributed by atoms with Crippen LogP contribution in [-0.4, -0.2) is 40.7 Å².